The lowest BCUT2D eigenvalue weighted by molar-refractivity contribution is 0.0744. The zero-order chi connectivity index (χ0) is 14.3. The van der Waals surface area contributed by atoms with Crippen LogP contribution >= 0.6 is 22.6 Å². The van der Waals surface area contributed by atoms with Crippen LogP contribution in [0.1, 0.15) is 35.2 Å². The average Bonchev–Trinajstić information content (AvgIpc) is 2.73. The quantitative estimate of drug-likeness (QED) is 0.750. The zero-order valence-corrected chi connectivity index (χ0v) is 13.7. The third kappa shape index (κ3) is 2.13. The average molecular weight is 381 g/mol. The van der Waals surface area contributed by atoms with Gasteiger partial charge in [0.2, 0.25) is 0 Å². The van der Waals surface area contributed by atoms with E-state index in [0.29, 0.717) is 6.54 Å². The summed E-state index contributed by atoms with van der Waals surface area (Å²) in [5.74, 6) is 1.04. The van der Waals surface area contributed by atoms with Gasteiger partial charge in [0, 0.05) is 22.0 Å². The number of benzene rings is 1. The molecule has 4 nitrogen and oxygen atoms in total. The van der Waals surface area contributed by atoms with E-state index in [1.54, 1.807) is 0 Å². The number of imidazole rings is 1. The van der Waals surface area contributed by atoms with Crippen molar-refractivity contribution in [1.82, 2.24) is 14.5 Å². The number of amides is 1. The molecular formula is C15H16IN3O. The Labute approximate surface area is 131 Å². The molecule has 1 aliphatic heterocycles. The van der Waals surface area contributed by atoms with Gasteiger partial charge in [0.1, 0.15) is 5.82 Å². The number of fused-ring (bicyclic) bond motifs is 3. The van der Waals surface area contributed by atoms with Gasteiger partial charge in [0.15, 0.2) is 0 Å². The van der Waals surface area contributed by atoms with E-state index in [9.17, 15) is 4.79 Å². The van der Waals surface area contributed by atoms with E-state index >= 15 is 0 Å². The van der Waals surface area contributed by atoms with Crippen molar-refractivity contribution in [3.8, 4) is 5.69 Å². The fourth-order valence-electron chi connectivity index (χ4n) is 2.66. The van der Waals surface area contributed by atoms with E-state index < -0.39 is 0 Å². The molecule has 0 aliphatic carbocycles. The maximum Gasteiger partial charge on any atom is 0.256 e. The first-order chi connectivity index (χ1) is 9.61. The van der Waals surface area contributed by atoms with Gasteiger partial charge in [-0.15, -0.1) is 0 Å². The molecule has 20 heavy (non-hydrogen) atoms. The minimum atomic E-state index is 0.100. The van der Waals surface area contributed by atoms with E-state index in [0.717, 1.165) is 39.3 Å². The summed E-state index contributed by atoms with van der Waals surface area (Å²) in [6, 6.07) is 5.97. The Bertz CT molecular complexity index is 678. The topological polar surface area (TPSA) is 38.1 Å². The van der Waals surface area contributed by atoms with E-state index in [4.69, 9.17) is 0 Å². The van der Waals surface area contributed by atoms with Crippen LogP contribution in [0.5, 0.6) is 0 Å². The highest BCUT2D eigenvalue weighted by molar-refractivity contribution is 14.1. The number of carbonyl (C=O) groups excluding carboxylic acids is 1. The molecule has 2 aromatic rings. The normalized spacial score (nSPS) is 13.9. The SMILES string of the molecule is CCCN1Cc2ncc(C)n2-c2cc(I)ccc2C1=O. The monoisotopic (exact) mass is 381 g/mol. The Kier molecular flexibility index (Phi) is 3.54. The first-order valence-electron chi connectivity index (χ1n) is 6.74. The largest absolute Gasteiger partial charge is 0.331 e. The van der Waals surface area contributed by atoms with Gasteiger partial charge >= 0.3 is 0 Å². The molecule has 5 heteroatoms. The summed E-state index contributed by atoms with van der Waals surface area (Å²) < 4.78 is 3.22. The Hall–Kier alpha value is -1.37. The van der Waals surface area contributed by atoms with Crippen molar-refractivity contribution >= 4 is 28.5 Å². The highest BCUT2D eigenvalue weighted by Crippen LogP contribution is 2.27. The van der Waals surface area contributed by atoms with Gasteiger partial charge in [0.25, 0.3) is 5.91 Å². The van der Waals surface area contributed by atoms with Gasteiger partial charge in [-0.2, -0.15) is 0 Å². The summed E-state index contributed by atoms with van der Waals surface area (Å²) in [7, 11) is 0. The summed E-state index contributed by atoms with van der Waals surface area (Å²) >= 11 is 2.28. The van der Waals surface area contributed by atoms with Crippen molar-refractivity contribution < 1.29 is 4.79 Å². The molecule has 3 rings (SSSR count). The second kappa shape index (κ2) is 5.20. The molecule has 0 unspecified atom stereocenters. The molecule has 0 N–H and O–H groups in total. The smallest absolute Gasteiger partial charge is 0.256 e. The van der Waals surface area contributed by atoms with Crippen LogP contribution < -0.4 is 0 Å². The number of carbonyl (C=O) groups is 1. The highest BCUT2D eigenvalue weighted by Gasteiger charge is 2.26. The van der Waals surface area contributed by atoms with Crippen LogP contribution in [0, 0.1) is 10.5 Å². The number of aromatic nitrogens is 2. The third-order valence-corrected chi connectivity index (χ3v) is 4.23. The maximum absolute atomic E-state index is 12.7. The van der Waals surface area contributed by atoms with Gasteiger partial charge in [-0.25, -0.2) is 4.98 Å². The van der Waals surface area contributed by atoms with Crippen molar-refractivity contribution in [3.05, 3.63) is 45.0 Å². The molecule has 2 heterocycles. The van der Waals surface area contributed by atoms with Crippen LogP contribution in [0.2, 0.25) is 0 Å². The number of hydrogen-bond donors (Lipinski definition) is 0. The van der Waals surface area contributed by atoms with Crippen molar-refractivity contribution in [2.45, 2.75) is 26.8 Å². The molecule has 0 saturated heterocycles. The molecule has 0 atom stereocenters. The van der Waals surface area contributed by atoms with Gasteiger partial charge in [-0.05, 0) is 54.1 Å². The zero-order valence-electron chi connectivity index (χ0n) is 11.6. The van der Waals surface area contributed by atoms with Crippen LogP contribution in [0.25, 0.3) is 5.69 Å². The number of aryl methyl sites for hydroxylation is 1. The molecule has 0 spiro atoms. The minimum Gasteiger partial charge on any atom is -0.331 e. The van der Waals surface area contributed by atoms with Gasteiger partial charge < -0.3 is 4.90 Å². The van der Waals surface area contributed by atoms with Gasteiger partial charge in [0.05, 0.1) is 17.8 Å². The molecule has 0 saturated carbocycles. The fraction of sp³-hybridized carbons (Fsp3) is 0.333. The summed E-state index contributed by atoms with van der Waals surface area (Å²) in [6.07, 6.45) is 2.82. The number of nitrogens with zero attached hydrogens (tertiary/aromatic N) is 3. The fourth-order valence-corrected chi connectivity index (χ4v) is 3.14. The van der Waals surface area contributed by atoms with Crippen LogP contribution in [-0.4, -0.2) is 26.9 Å². The van der Waals surface area contributed by atoms with Crippen LogP contribution in [0.3, 0.4) is 0 Å². The van der Waals surface area contributed by atoms with E-state index in [1.165, 1.54) is 0 Å². The lowest BCUT2D eigenvalue weighted by atomic mass is 10.1. The van der Waals surface area contributed by atoms with Gasteiger partial charge in [-0.3, -0.25) is 9.36 Å². The molecule has 1 amide bonds. The lowest BCUT2D eigenvalue weighted by Crippen LogP contribution is -2.30. The molecule has 104 valence electrons. The minimum absolute atomic E-state index is 0.100. The van der Waals surface area contributed by atoms with Gasteiger partial charge in [-0.1, -0.05) is 6.92 Å². The van der Waals surface area contributed by atoms with Crippen LogP contribution in [0.4, 0.5) is 0 Å². The Balaban J connectivity index is 2.25. The van der Waals surface area contributed by atoms with Crippen molar-refractivity contribution in [1.29, 1.82) is 0 Å². The lowest BCUT2D eigenvalue weighted by Gasteiger charge is -2.19. The molecule has 0 radical (unpaired) electrons. The third-order valence-electron chi connectivity index (χ3n) is 3.56. The molecule has 0 fully saturated rings. The number of hydrogen-bond acceptors (Lipinski definition) is 2. The second-order valence-electron chi connectivity index (χ2n) is 5.04. The molecule has 1 aromatic carbocycles. The summed E-state index contributed by atoms with van der Waals surface area (Å²) in [6.45, 7) is 5.45. The van der Waals surface area contributed by atoms with Crippen LogP contribution in [0.15, 0.2) is 24.4 Å². The summed E-state index contributed by atoms with van der Waals surface area (Å²) in [5, 5.41) is 0. The standard InChI is InChI=1S/C15H16IN3O/c1-3-6-18-9-14-17-8-10(2)19(14)13-7-11(16)4-5-12(13)15(18)20/h4-5,7-8H,3,6,9H2,1-2H3. The number of rotatable bonds is 2. The Morgan fingerprint density at radius 2 is 2.20 bits per heavy atom. The first-order valence-corrected chi connectivity index (χ1v) is 7.82. The van der Waals surface area contributed by atoms with Crippen molar-refractivity contribution in [2.75, 3.05) is 6.54 Å². The van der Waals surface area contributed by atoms with E-state index in [-0.39, 0.29) is 5.91 Å². The first kappa shape index (κ1) is 13.6. The Morgan fingerprint density at radius 1 is 1.40 bits per heavy atom. The van der Waals surface area contributed by atoms with E-state index in [2.05, 4.69) is 45.1 Å². The summed E-state index contributed by atoms with van der Waals surface area (Å²) in [5.41, 5.74) is 2.78. The predicted octanol–water partition coefficient (Wildman–Crippen LogP) is 3.15. The Morgan fingerprint density at radius 3 is 2.95 bits per heavy atom. The van der Waals surface area contributed by atoms with Crippen molar-refractivity contribution in [3.63, 3.8) is 0 Å². The number of halogens is 1. The second-order valence-corrected chi connectivity index (χ2v) is 6.29. The maximum atomic E-state index is 12.7. The van der Waals surface area contributed by atoms with Crippen molar-refractivity contribution in [2.24, 2.45) is 0 Å². The predicted molar refractivity (Wildman–Crippen MR) is 86.0 cm³/mol. The molecule has 0 bridgehead atoms. The van der Waals surface area contributed by atoms with Crippen LogP contribution in [-0.2, 0) is 6.54 Å². The van der Waals surface area contributed by atoms with E-state index in [1.807, 2.05) is 30.2 Å². The molecule has 1 aliphatic rings. The summed E-state index contributed by atoms with van der Waals surface area (Å²) in [4.78, 5) is 19.1. The molecular weight excluding hydrogens is 365 g/mol. The molecule has 1 aromatic heterocycles. The highest BCUT2D eigenvalue weighted by atomic mass is 127.